The van der Waals surface area contributed by atoms with E-state index in [1.807, 2.05) is 0 Å². The van der Waals surface area contributed by atoms with Gasteiger partial charge in [0.25, 0.3) is 0 Å². The van der Waals surface area contributed by atoms with Crippen molar-refractivity contribution in [3.63, 3.8) is 0 Å². The number of benzene rings is 2. The highest BCUT2D eigenvalue weighted by Crippen LogP contribution is 2.33. The molecule has 0 unspecified atom stereocenters. The molecule has 0 radical (unpaired) electrons. The summed E-state index contributed by atoms with van der Waals surface area (Å²) in [7, 11) is 2.10. The van der Waals surface area contributed by atoms with Crippen LogP contribution in [0.5, 0.6) is 0 Å². The Hall–Kier alpha value is -1.06. The highest BCUT2D eigenvalue weighted by atomic mass is 79.9. The summed E-state index contributed by atoms with van der Waals surface area (Å²) >= 11 is 7.12. The number of rotatable bonds is 1. The first-order valence-corrected chi connectivity index (χ1v) is 7.25. The van der Waals surface area contributed by atoms with Crippen LogP contribution in [0.25, 0.3) is 22.2 Å². The molecule has 3 aromatic rings. The Morgan fingerprint density at radius 1 is 0.944 bits per heavy atom. The summed E-state index contributed by atoms with van der Waals surface area (Å²) in [5.41, 5.74) is 3.68. The molecule has 18 heavy (non-hydrogen) atoms. The van der Waals surface area contributed by atoms with Gasteiger partial charge in [0, 0.05) is 38.2 Å². The van der Waals surface area contributed by atoms with E-state index >= 15 is 0 Å². The molecule has 90 valence electrons. The van der Waals surface area contributed by atoms with Gasteiger partial charge in [0.15, 0.2) is 0 Å². The number of aryl methyl sites for hydroxylation is 1. The number of para-hydroxylation sites is 1. The largest absolute Gasteiger partial charge is 0.344 e. The first-order chi connectivity index (χ1) is 8.66. The molecule has 0 amide bonds. The average Bonchev–Trinajstić information content (AvgIpc) is 2.68. The van der Waals surface area contributed by atoms with Gasteiger partial charge in [-0.05, 0) is 24.3 Å². The first kappa shape index (κ1) is 12.0. The zero-order chi connectivity index (χ0) is 12.7. The molecule has 0 saturated heterocycles. The fourth-order valence-electron chi connectivity index (χ4n) is 2.24. The Morgan fingerprint density at radius 3 is 2.44 bits per heavy atom. The lowest BCUT2D eigenvalue weighted by Gasteiger charge is -2.07. The molecule has 0 N–H and O–H groups in total. The van der Waals surface area contributed by atoms with Crippen molar-refractivity contribution in [1.29, 1.82) is 0 Å². The minimum atomic E-state index is 1.08. The Kier molecular flexibility index (Phi) is 3.04. The SMILES string of the molecule is Cn1c(-c2ccc(Br)cc2Br)cc2ccccc21. The quantitative estimate of drug-likeness (QED) is 0.547. The second kappa shape index (κ2) is 4.56. The fraction of sp³-hybridized carbons (Fsp3) is 0.0667. The Bertz CT molecular complexity index is 728. The van der Waals surface area contributed by atoms with E-state index in [1.54, 1.807) is 0 Å². The number of hydrogen-bond donors (Lipinski definition) is 0. The maximum absolute atomic E-state index is 3.63. The van der Waals surface area contributed by atoms with Crippen LogP contribution >= 0.6 is 31.9 Å². The van der Waals surface area contributed by atoms with Gasteiger partial charge in [-0.15, -0.1) is 0 Å². The van der Waals surface area contributed by atoms with Crippen LogP contribution in [0.1, 0.15) is 0 Å². The normalized spacial score (nSPS) is 11.1. The van der Waals surface area contributed by atoms with E-state index in [2.05, 4.69) is 92.0 Å². The van der Waals surface area contributed by atoms with Crippen molar-refractivity contribution in [3.05, 3.63) is 57.5 Å². The minimum Gasteiger partial charge on any atom is -0.344 e. The Balaban J connectivity index is 2.28. The molecular weight excluding hydrogens is 354 g/mol. The van der Waals surface area contributed by atoms with Crippen LogP contribution in [-0.4, -0.2) is 4.57 Å². The van der Waals surface area contributed by atoms with Crippen LogP contribution in [0.4, 0.5) is 0 Å². The molecule has 2 aromatic carbocycles. The molecule has 1 nitrogen and oxygen atoms in total. The molecule has 0 saturated carbocycles. The summed E-state index contributed by atoms with van der Waals surface area (Å²) in [5, 5.41) is 1.27. The van der Waals surface area contributed by atoms with Crippen LogP contribution in [0, 0.1) is 0 Å². The maximum Gasteiger partial charge on any atom is 0.0500 e. The molecule has 1 heterocycles. The van der Waals surface area contributed by atoms with Gasteiger partial charge in [-0.3, -0.25) is 0 Å². The Morgan fingerprint density at radius 2 is 1.72 bits per heavy atom. The third-order valence-electron chi connectivity index (χ3n) is 3.16. The van der Waals surface area contributed by atoms with Crippen LogP contribution in [-0.2, 0) is 7.05 Å². The second-order valence-electron chi connectivity index (χ2n) is 4.27. The van der Waals surface area contributed by atoms with Gasteiger partial charge in [0.05, 0.1) is 0 Å². The van der Waals surface area contributed by atoms with Crippen molar-refractivity contribution in [2.45, 2.75) is 0 Å². The van der Waals surface area contributed by atoms with E-state index < -0.39 is 0 Å². The monoisotopic (exact) mass is 363 g/mol. The van der Waals surface area contributed by atoms with Gasteiger partial charge in [0.2, 0.25) is 0 Å². The molecule has 3 rings (SSSR count). The van der Waals surface area contributed by atoms with Crippen molar-refractivity contribution in [2.24, 2.45) is 7.05 Å². The summed E-state index contributed by atoms with van der Waals surface area (Å²) in [5.74, 6) is 0. The van der Waals surface area contributed by atoms with Gasteiger partial charge in [-0.2, -0.15) is 0 Å². The number of nitrogens with zero attached hydrogens (tertiary/aromatic N) is 1. The summed E-state index contributed by atoms with van der Waals surface area (Å²) in [4.78, 5) is 0. The predicted molar refractivity (Wildman–Crippen MR) is 83.8 cm³/mol. The lowest BCUT2D eigenvalue weighted by molar-refractivity contribution is 0.977. The molecule has 0 fully saturated rings. The fourth-order valence-corrected chi connectivity index (χ4v) is 3.49. The second-order valence-corrected chi connectivity index (χ2v) is 6.04. The van der Waals surface area contributed by atoms with Crippen molar-refractivity contribution >= 4 is 42.8 Å². The van der Waals surface area contributed by atoms with E-state index in [4.69, 9.17) is 0 Å². The zero-order valence-corrected chi connectivity index (χ0v) is 13.0. The van der Waals surface area contributed by atoms with E-state index in [0.717, 1.165) is 8.95 Å². The van der Waals surface area contributed by atoms with E-state index in [1.165, 1.54) is 22.2 Å². The molecule has 3 heteroatoms. The van der Waals surface area contributed by atoms with E-state index in [0.29, 0.717) is 0 Å². The van der Waals surface area contributed by atoms with Crippen molar-refractivity contribution < 1.29 is 0 Å². The topological polar surface area (TPSA) is 4.93 Å². The number of halogens is 2. The third kappa shape index (κ3) is 1.91. The molecule has 0 bridgehead atoms. The van der Waals surface area contributed by atoms with Gasteiger partial charge >= 0.3 is 0 Å². The molecular formula is C15H11Br2N. The lowest BCUT2D eigenvalue weighted by atomic mass is 10.1. The van der Waals surface area contributed by atoms with Crippen molar-refractivity contribution in [2.75, 3.05) is 0 Å². The number of hydrogen-bond acceptors (Lipinski definition) is 0. The van der Waals surface area contributed by atoms with E-state index in [-0.39, 0.29) is 0 Å². The highest BCUT2D eigenvalue weighted by Gasteiger charge is 2.10. The number of aromatic nitrogens is 1. The lowest BCUT2D eigenvalue weighted by Crippen LogP contribution is -1.91. The van der Waals surface area contributed by atoms with Gasteiger partial charge in [0.1, 0.15) is 0 Å². The van der Waals surface area contributed by atoms with Crippen LogP contribution in [0.2, 0.25) is 0 Å². The third-order valence-corrected chi connectivity index (χ3v) is 4.31. The minimum absolute atomic E-state index is 1.08. The van der Waals surface area contributed by atoms with Crippen molar-refractivity contribution in [1.82, 2.24) is 4.57 Å². The number of fused-ring (bicyclic) bond motifs is 1. The van der Waals surface area contributed by atoms with Crippen molar-refractivity contribution in [3.8, 4) is 11.3 Å². The highest BCUT2D eigenvalue weighted by molar-refractivity contribution is 9.11. The zero-order valence-electron chi connectivity index (χ0n) is 9.82. The Labute approximate surface area is 123 Å². The smallest absolute Gasteiger partial charge is 0.0500 e. The maximum atomic E-state index is 3.63. The van der Waals surface area contributed by atoms with Gasteiger partial charge in [-0.1, -0.05) is 56.1 Å². The molecule has 0 aliphatic heterocycles. The first-order valence-electron chi connectivity index (χ1n) is 5.67. The summed E-state index contributed by atoms with van der Waals surface area (Å²) in [6.07, 6.45) is 0. The van der Waals surface area contributed by atoms with Crippen LogP contribution < -0.4 is 0 Å². The summed E-state index contributed by atoms with van der Waals surface area (Å²) < 4.78 is 4.41. The van der Waals surface area contributed by atoms with Gasteiger partial charge in [-0.25, -0.2) is 0 Å². The predicted octanol–water partition coefficient (Wildman–Crippen LogP) is 5.37. The molecule has 0 atom stereocenters. The standard InChI is InChI=1S/C15H11Br2N/c1-18-14-5-3-2-4-10(14)8-15(18)12-7-6-11(16)9-13(12)17/h2-9H,1H3. The van der Waals surface area contributed by atoms with E-state index in [9.17, 15) is 0 Å². The molecule has 0 aliphatic rings. The molecule has 1 aromatic heterocycles. The van der Waals surface area contributed by atoms with Crippen LogP contribution in [0.3, 0.4) is 0 Å². The molecule has 0 spiro atoms. The average molecular weight is 365 g/mol. The molecule has 0 aliphatic carbocycles. The van der Waals surface area contributed by atoms with Crippen LogP contribution in [0.15, 0.2) is 57.5 Å². The van der Waals surface area contributed by atoms with Gasteiger partial charge < -0.3 is 4.57 Å². The summed E-state index contributed by atoms with van der Waals surface area (Å²) in [6, 6.07) is 16.9. The summed E-state index contributed by atoms with van der Waals surface area (Å²) in [6.45, 7) is 0.